The molecule has 7 nitrogen and oxygen atoms in total. The van der Waals surface area contributed by atoms with Crippen LogP contribution in [0, 0.1) is 24.0 Å². The molecule has 1 aromatic heterocycles. The van der Waals surface area contributed by atoms with E-state index in [0.717, 1.165) is 61.2 Å². The van der Waals surface area contributed by atoms with Gasteiger partial charge in [-0.2, -0.15) is 0 Å². The number of piperazine rings is 1. The molecule has 0 spiro atoms. The Labute approximate surface area is 160 Å². The van der Waals surface area contributed by atoms with Crippen LogP contribution in [0.1, 0.15) is 42.4 Å². The van der Waals surface area contributed by atoms with Gasteiger partial charge in [0.25, 0.3) is 5.69 Å². The molecule has 2 aromatic rings. The lowest BCUT2D eigenvalue weighted by Gasteiger charge is -2.35. The average Bonchev–Trinajstić information content (AvgIpc) is 2.63. The molecule has 27 heavy (non-hydrogen) atoms. The fourth-order valence-corrected chi connectivity index (χ4v) is 3.41. The largest absolute Gasteiger partial charge is 0.354 e. The van der Waals surface area contributed by atoms with Gasteiger partial charge >= 0.3 is 0 Å². The maximum absolute atomic E-state index is 11.1. The molecule has 1 aliphatic rings. The van der Waals surface area contributed by atoms with Gasteiger partial charge in [-0.25, -0.2) is 9.97 Å². The van der Waals surface area contributed by atoms with Crippen molar-refractivity contribution in [3.63, 3.8) is 0 Å². The molecule has 0 atom stereocenters. The number of nitro groups is 1. The molecule has 7 heteroatoms. The van der Waals surface area contributed by atoms with Gasteiger partial charge < -0.3 is 4.90 Å². The molecule has 0 amide bonds. The van der Waals surface area contributed by atoms with E-state index >= 15 is 0 Å². The molecule has 0 saturated carbocycles. The van der Waals surface area contributed by atoms with Crippen LogP contribution in [0.15, 0.2) is 24.3 Å². The lowest BCUT2D eigenvalue weighted by atomic mass is 10.1. The highest BCUT2D eigenvalue weighted by molar-refractivity contribution is 5.44. The first-order valence-corrected chi connectivity index (χ1v) is 9.41. The smallest absolute Gasteiger partial charge is 0.272 e. The van der Waals surface area contributed by atoms with Crippen LogP contribution >= 0.6 is 0 Å². The zero-order valence-corrected chi connectivity index (χ0v) is 16.5. The molecule has 0 aliphatic carbocycles. The first kappa shape index (κ1) is 19.2. The minimum Gasteiger partial charge on any atom is -0.354 e. The SMILES string of the molecule is Cc1cc(N2CCN(Cc3cccc([N+](=O)[O-])c3C)CC2)nc(C(C)C)n1. The lowest BCUT2D eigenvalue weighted by Crippen LogP contribution is -2.46. The van der Waals surface area contributed by atoms with E-state index in [9.17, 15) is 10.1 Å². The van der Waals surface area contributed by atoms with E-state index in [2.05, 4.69) is 28.6 Å². The summed E-state index contributed by atoms with van der Waals surface area (Å²) in [5.74, 6) is 2.19. The van der Waals surface area contributed by atoms with Crippen LogP contribution in [-0.2, 0) is 6.54 Å². The van der Waals surface area contributed by atoms with Crippen molar-refractivity contribution < 1.29 is 4.92 Å². The summed E-state index contributed by atoms with van der Waals surface area (Å²) in [5.41, 5.74) is 2.98. The van der Waals surface area contributed by atoms with E-state index in [4.69, 9.17) is 4.98 Å². The molecule has 1 fully saturated rings. The van der Waals surface area contributed by atoms with Gasteiger partial charge in [-0.3, -0.25) is 15.0 Å². The van der Waals surface area contributed by atoms with Crippen molar-refractivity contribution in [1.82, 2.24) is 14.9 Å². The third-order valence-electron chi connectivity index (χ3n) is 5.08. The molecule has 2 heterocycles. The molecule has 1 aromatic carbocycles. The Morgan fingerprint density at radius 3 is 2.48 bits per heavy atom. The molecular weight excluding hydrogens is 342 g/mol. The maximum Gasteiger partial charge on any atom is 0.272 e. The molecule has 0 N–H and O–H groups in total. The molecular formula is C20H27N5O2. The van der Waals surface area contributed by atoms with Crippen LogP contribution in [0.25, 0.3) is 0 Å². The predicted molar refractivity (Wildman–Crippen MR) is 106 cm³/mol. The summed E-state index contributed by atoms with van der Waals surface area (Å²) in [5, 5.41) is 11.1. The standard InChI is InChI=1S/C20H27N5O2/c1-14(2)20-21-15(3)12-19(22-20)24-10-8-23(9-11-24)13-17-6-5-7-18(16(17)4)25(26)27/h5-7,12,14H,8-11,13H2,1-4H3. The minimum absolute atomic E-state index is 0.198. The van der Waals surface area contributed by atoms with E-state index in [1.54, 1.807) is 12.1 Å². The summed E-state index contributed by atoms with van der Waals surface area (Å²) in [6, 6.07) is 7.37. The van der Waals surface area contributed by atoms with Crippen LogP contribution in [0.4, 0.5) is 11.5 Å². The van der Waals surface area contributed by atoms with E-state index < -0.39 is 0 Å². The Morgan fingerprint density at radius 1 is 1.15 bits per heavy atom. The van der Waals surface area contributed by atoms with Crippen molar-refractivity contribution in [1.29, 1.82) is 0 Å². The number of benzene rings is 1. The lowest BCUT2D eigenvalue weighted by molar-refractivity contribution is -0.385. The van der Waals surface area contributed by atoms with Gasteiger partial charge in [0.15, 0.2) is 0 Å². The summed E-state index contributed by atoms with van der Waals surface area (Å²) in [6.07, 6.45) is 0. The van der Waals surface area contributed by atoms with Crippen LogP contribution in [0.5, 0.6) is 0 Å². The van der Waals surface area contributed by atoms with Gasteiger partial charge in [0.1, 0.15) is 11.6 Å². The number of hydrogen-bond acceptors (Lipinski definition) is 6. The van der Waals surface area contributed by atoms with Crippen LogP contribution in [0.3, 0.4) is 0 Å². The first-order valence-electron chi connectivity index (χ1n) is 9.41. The number of anilines is 1. The van der Waals surface area contributed by atoms with Gasteiger partial charge in [0, 0.05) is 62.0 Å². The molecule has 144 valence electrons. The van der Waals surface area contributed by atoms with Gasteiger partial charge in [-0.15, -0.1) is 0 Å². The van der Waals surface area contributed by atoms with Crippen molar-refractivity contribution in [3.05, 3.63) is 57.0 Å². The van der Waals surface area contributed by atoms with E-state index in [1.807, 2.05) is 26.0 Å². The zero-order valence-electron chi connectivity index (χ0n) is 16.5. The monoisotopic (exact) mass is 369 g/mol. The molecule has 1 saturated heterocycles. The van der Waals surface area contributed by atoms with E-state index in [0.29, 0.717) is 5.92 Å². The quantitative estimate of drug-likeness (QED) is 0.593. The first-order chi connectivity index (χ1) is 12.8. The average molecular weight is 369 g/mol. The number of hydrogen-bond donors (Lipinski definition) is 0. The Bertz CT molecular complexity index is 829. The molecule has 0 bridgehead atoms. The number of aryl methyl sites for hydroxylation is 1. The van der Waals surface area contributed by atoms with Crippen molar-refractivity contribution in [2.45, 2.75) is 40.2 Å². The summed E-state index contributed by atoms with van der Waals surface area (Å²) in [7, 11) is 0. The highest BCUT2D eigenvalue weighted by Gasteiger charge is 2.21. The summed E-state index contributed by atoms with van der Waals surface area (Å²) >= 11 is 0. The Morgan fingerprint density at radius 2 is 1.85 bits per heavy atom. The normalized spacial score (nSPS) is 15.4. The Kier molecular flexibility index (Phi) is 5.70. The second-order valence-corrected chi connectivity index (χ2v) is 7.46. The topological polar surface area (TPSA) is 75.4 Å². The second kappa shape index (κ2) is 8.00. The third kappa shape index (κ3) is 4.42. The number of aromatic nitrogens is 2. The molecule has 3 rings (SSSR count). The van der Waals surface area contributed by atoms with Crippen molar-refractivity contribution >= 4 is 11.5 Å². The fourth-order valence-electron chi connectivity index (χ4n) is 3.41. The summed E-state index contributed by atoms with van der Waals surface area (Å²) in [4.78, 5) is 24.7. The maximum atomic E-state index is 11.1. The van der Waals surface area contributed by atoms with Crippen molar-refractivity contribution in [3.8, 4) is 0 Å². The van der Waals surface area contributed by atoms with Gasteiger partial charge in [-0.05, 0) is 19.4 Å². The summed E-state index contributed by atoms with van der Waals surface area (Å²) in [6.45, 7) is 12.4. The van der Waals surface area contributed by atoms with Gasteiger partial charge in [-0.1, -0.05) is 26.0 Å². The second-order valence-electron chi connectivity index (χ2n) is 7.46. The minimum atomic E-state index is -0.305. The van der Waals surface area contributed by atoms with Gasteiger partial charge in [0.05, 0.1) is 4.92 Å². The third-order valence-corrected chi connectivity index (χ3v) is 5.08. The predicted octanol–water partition coefficient (Wildman–Crippen LogP) is 3.45. The summed E-state index contributed by atoms with van der Waals surface area (Å²) < 4.78 is 0. The Hall–Kier alpha value is -2.54. The molecule has 0 radical (unpaired) electrons. The van der Waals surface area contributed by atoms with Crippen LogP contribution < -0.4 is 4.90 Å². The molecule has 0 unspecified atom stereocenters. The van der Waals surface area contributed by atoms with Crippen LogP contribution in [0.2, 0.25) is 0 Å². The fraction of sp³-hybridized carbons (Fsp3) is 0.500. The Balaban J connectivity index is 1.66. The molecule has 1 aliphatic heterocycles. The number of nitro benzene ring substituents is 1. The highest BCUT2D eigenvalue weighted by Crippen LogP contribution is 2.23. The van der Waals surface area contributed by atoms with Crippen molar-refractivity contribution in [2.24, 2.45) is 0 Å². The van der Waals surface area contributed by atoms with Crippen molar-refractivity contribution in [2.75, 3.05) is 31.1 Å². The van der Waals surface area contributed by atoms with E-state index in [1.165, 1.54) is 0 Å². The number of nitrogens with zero attached hydrogens (tertiary/aromatic N) is 5. The number of rotatable bonds is 5. The zero-order chi connectivity index (χ0) is 19.6. The highest BCUT2D eigenvalue weighted by atomic mass is 16.6. The van der Waals surface area contributed by atoms with E-state index in [-0.39, 0.29) is 10.6 Å². The van der Waals surface area contributed by atoms with Gasteiger partial charge in [0.2, 0.25) is 0 Å². The van der Waals surface area contributed by atoms with Crippen LogP contribution in [-0.4, -0.2) is 46.0 Å².